The van der Waals surface area contributed by atoms with Crippen molar-refractivity contribution in [3.8, 4) is 0 Å². The molecule has 0 unspecified atom stereocenters. The molecule has 0 bridgehead atoms. The molecule has 0 aliphatic rings. The maximum absolute atomic E-state index is 12.9. The number of Topliss-reactive ketones (excluding diaryl/α,β-unsaturated/α-hetero) is 1. The fraction of sp³-hybridized carbons (Fsp3) is 0.857. The van der Waals surface area contributed by atoms with E-state index in [-0.39, 0.29) is 108 Å². The van der Waals surface area contributed by atoms with Crippen LogP contribution in [0.1, 0.15) is 149 Å². The van der Waals surface area contributed by atoms with Gasteiger partial charge in [0, 0.05) is 38.8 Å². The van der Waals surface area contributed by atoms with E-state index in [4.69, 9.17) is 28.8 Å². The highest BCUT2D eigenvalue weighted by molar-refractivity contribution is 5.80. The lowest BCUT2D eigenvalue weighted by molar-refractivity contribution is -0.160. The number of methoxy groups -OCH3 is 1. The second kappa shape index (κ2) is 37.2. The lowest BCUT2D eigenvalue weighted by atomic mass is 9.94. The molecule has 0 saturated heterocycles. The number of rotatable bonds is 40. The molecule has 0 aromatic rings. The average molecular weight is 817 g/mol. The summed E-state index contributed by atoms with van der Waals surface area (Å²) in [6.45, 7) is 6.75. The smallest absolute Gasteiger partial charge is 0.329 e. The van der Waals surface area contributed by atoms with Crippen LogP contribution in [0.3, 0.4) is 0 Å². The lowest BCUT2D eigenvalue weighted by Gasteiger charge is -2.24. The van der Waals surface area contributed by atoms with Gasteiger partial charge in [-0.3, -0.25) is 24.0 Å². The van der Waals surface area contributed by atoms with E-state index in [1.165, 1.54) is 64.9 Å². The Morgan fingerprint density at radius 1 is 0.526 bits per heavy atom. The van der Waals surface area contributed by atoms with Crippen LogP contribution >= 0.6 is 0 Å². The summed E-state index contributed by atoms with van der Waals surface area (Å²) in [5, 5.41) is 13.9. The van der Waals surface area contributed by atoms with Gasteiger partial charge in [0.2, 0.25) is 11.8 Å². The molecule has 0 aromatic heterocycles. The summed E-state index contributed by atoms with van der Waals surface area (Å²) in [7, 11) is 1.44. The van der Waals surface area contributed by atoms with Crippen molar-refractivity contribution >= 4 is 35.5 Å². The van der Waals surface area contributed by atoms with Crippen LogP contribution in [0.15, 0.2) is 0 Å². The van der Waals surface area contributed by atoms with Gasteiger partial charge in [0.25, 0.3) is 0 Å². The van der Waals surface area contributed by atoms with Crippen molar-refractivity contribution in [1.82, 2.24) is 10.6 Å². The predicted molar refractivity (Wildman–Crippen MR) is 216 cm³/mol. The monoisotopic (exact) mass is 817 g/mol. The summed E-state index contributed by atoms with van der Waals surface area (Å²) in [4.78, 5) is 71.3. The number of nitrogens with one attached hydrogen (secondary N) is 2. The maximum atomic E-state index is 12.9. The van der Waals surface area contributed by atoms with Gasteiger partial charge in [-0.15, -0.1) is 0 Å². The SMILES string of the molecule is COC(=O)CCCCCCCCCCCCCCCCC(=O)CC[C@@H](CCC(=O)NCCOCCOCC(=O)NCCOCCOCC(=O)O)C(=O)OC(C)(C)C. The zero-order valence-electron chi connectivity index (χ0n) is 35.6. The van der Waals surface area contributed by atoms with Crippen molar-refractivity contribution in [2.45, 2.75) is 155 Å². The first-order valence-electron chi connectivity index (χ1n) is 21.2. The molecule has 0 heterocycles. The minimum Gasteiger partial charge on any atom is -0.480 e. The molecule has 15 heteroatoms. The van der Waals surface area contributed by atoms with Crippen LogP contribution in [0.25, 0.3) is 0 Å². The van der Waals surface area contributed by atoms with E-state index in [0.29, 0.717) is 25.7 Å². The van der Waals surface area contributed by atoms with Crippen molar-refractivity contribution in [2.75, 3.05) is 73.1 Å². The second-order valence-electron chi connectivity index (χ2n) is 15.3. The molecule has 0 radical (unpaired) electrons. The fourth-order valence-corrected chi connectivity index (χ4v) is 5.77. The molecule has 3 N–H and O–H groups in total. The standard InChI is InChI=1S/C42H76N2O13/c1-42(2,3)57-41(51)35(21-23-36(45)19-17-15-13-11-9-7-5-6-8-10-12-14-16-18-20-40(50)52-4)22-24-37(46)43-25-27-53-29-31-55-33-38(47)44-26-28-54-30-32-56-34-39(48)49/h35H,5-34H2,1-4H3,(H,43,46)(H,44,47)(H,48,49)/t35-/m0/s1. The Labute approximate surface area is 341 Å². The Bertz CT molecular complexity index is 1080. The van der Waals surface area contributed by atoms with E-state index in [2.05, 4.69) is 15.4 Å². The average Bonchev–Trinajstić information content (AvgIpc) is 3.15. The van der Waals surface area contributed by atoms with Crippen molar-refractivity contribution in [2.24, 2.45) is 5.92 Å². The molecule has 15 nitrogen and oxygen atoms in total. The topological polar surface area (TPSA) is 202 Å². The highest BCUT2D eigenvalue weighted by Gasteiger charge is 2.26. The van der Waals surface area contributed by atoms with Gasteiger partial charge in [-0.2, -0.15) is 0 Å². The minimum atomic E-state index is -1.05. The lowest BCUT2D eigenvalue weighted by Crippen LogP contribution is -2.32. The number of carboxylic acids is 1. The molecule has 0 spiro atoms. The quantitative estimate of drug-likeness (QED) is 0.0490. The van der Waals surface area contributed by atoms with E-state index in [0.717, 1.165) is 32.1 Å². The normalized spacial score (nSPS) is 11.9. The molecule has 0 aliphatic carbocycles. The largest absolute Gasteiger partial charge is 0.480 e. The Morgan fingerprint density at radius 3 is 1.46 bits per heavy atom. The number of hydrogen-bond acceptors (Lipinski definition) is 12. The highest BCUT2D eigenvalue weighted by atomic mass is 16.6. The van der Waals surface area contributed by atoms with Gasteiger partial charge in [-0.25, -0.2) is 4.79 Å². The third-order valence-electron chi connectivity index (χ3n) is 8.89. The number of carbonyl (C=O) groups is 6. The highest BCUT2D eigenvalue weighted by Crippen LogP contribution is 2.21. The molecule has 332 valence electrons. The molecule has 0 aliphatic heterocycles. The van der Waals surface area contributed by atoms with Gasteiger partial charge < -0.3 is 44.2 Å². The van der Waals surface area contributed by atoms with Gasteiger partial charge >= 0.3 is 17.9 Å². The van der Waals surface area contributed by atoms with Gasteiger partial charge in [-0.05, 0) is 46.5 Å². The van der Waals surface area contributed by atoms with Gasteiger partial charge in [-0.1, -0.05) is 77.0 Å². The Kier molecular flexibility index (Phi) is 35.1. The molecule has 0 saturated carbocycles. The van der Waals surface area contributed by atoms with Crippen molar-refractivity contribution in [3.05, 3.63) is 0 Å². The number of ketones is 1. The number of ether oxygens (including phenoxy) is 6. The summed E-state index contributed by atoms with van der Waals surface area (Å²) in [5.41, 5.74) is -0.668. The predicted octanol–water partition coefficient (Wildman–Crippen LogP) is 5.87. The number of esters is 2. The molecule has 0 fully saturated rings. The number of amides is 2. The summed E-state index contributed by atoms with van der Waals surface area (Å²) in [6.07, 6.45) is 18.3. The van der Waals surface area contributed by atoms with Crippen LogP contribution in [0, 0.1) is 5.92 Å². The van der Waals surface area contributed by atoms with Gasteiger partial charge in [0.1, 0.15) is 24.6 Å². The van der Waals surface area contributed by atoms with E-state index in [1.54, 1.807) is 20.8 Å². The Balaban J connectivity index is 3.99. The number of hydrogen-bond donors (Lipinski definition) is 3. The van der Waals surface area contributed by atoms with Crippen LogP contribution in [-0.2, 0) is 57.2 Å². The van der Waals surface area contributed by atoms with Gasteiger partial charge in [0.15, 0.2) is 0 Å². The van der Waals surface area contributed by atoms with Crippen molar-refractivity contribution < 1.29 is 62.3 Å². The van der Waals surface area contributed by atoms with E-state index >= 15 is 0 Å². The van der Waals surface area contributed by atoms with Gasteiger partial charge in [0.05, 0.1) is 52.7 Å². The maximum Gasteiger partial charge on any atom is 0.329 e. The first kappa shape index (κ1) is 53.9. The van der Waals surface area contributed by atoms with Crippen LogP contribution in [0.5, 0.6) is 0 Å². The Morgan fingerprint density at radius 2 is 0.965 bits per heavy atom. The third-order valence-corrected chi connectivity index (χ3v) is 8.89. The van der Waals surface area contributed by atoms with Crippen LogP contribution in [0.2, 0.25) is 0 Å². The molecular weight excluding hydrogens is 740 g/mol. The first-order valence-corrected chi connectivity index (χ1v) is 21.2. The summed E-state index contributed by atoms with van der Waals surface area (Å²) >= 11 is 0. The fourth-order valence-electron chi connectivity index (χ4n) is 5.77. The molecule has 0 rings (SSSR count). The minimum absolute atomic E-state index is 0.117. The van der Waals surface area contributed by atoms with Crippen molar-refractivity contribution in [1.29, 1.82) is 0 Å². The van der Waals surface area contributed by atoms with Crippen LogP contribution < -0.4 is 10.6 Å². The summed E-state index contributed by atoms with van der Waals surface area (Å²) < 4.78 is 31.0. The molecular formula is C42H76N2O13. The molecule has 0 aromatic carbocycles. The van der Waals surface area contributed by atoms with Crippen molar-refractivity contribution in [3.63, 3.8) is 0 Å². The third kappa shape index (κ3) is 39.5. The number of aliphatic carboxylic acids is 1. The summed E-state index contributed by atoms with van der Waals surface area (Å²) in [5.74, 6) is -2.48. The first-order chi connectivity index (χ1) is 27.3. The van der Waals surface area contributed by atoms with E-state index in [1.807, 2.05) is 0 Å². The molecule has 1 atom stereocenters. The van der Waals surface area contributed by atoms with Crippen LogP contribution in [0.4, 0.5) is 0 Å². The summed E-state index contributed by atoms with van der Waals surface area (Å²) in [6, 6.07) is 0. The molecule has 57 heavy (non-hydrogen) atoms. The number of unbranched alkanes of at least 4 members (excludes halogenated alkanes) is 13. The molecule has 2 amide bonds. The Hall–Kier alpha value is -3.14. The zero-order chi connectivity index (χ0) is 42.4. The van der Waals surface area contributed by atoms with E-state index < -0.39 is 17.5 Å². The van der Waals surface area contributed by atoms with Crippen LogP contribution in [-0.4, -0.2) is 119 Å². The number of carboxylic acid groups (broad SMARTS) is 1. The number of carbonyl (C=O) groups excluding carboxylic acids is 5. The second-order valence-corrected chi connectivity index (χ2v) is 15.3. The van der Waals surface area contributed by atoms with E-state index in [9.17, 15) is 28.8 Å². The zero-order valence-corrected chi connectivity index (χ0v) is 35.6.